The molecule has 5 nitrogen and oxygen atoms in total. The fourth-order valence-corrected chi connectivity index (χ4v) is 2.76. The summed E-state index contributed by atoms with van der Waals surface area (Å²) in [6, 6.07) is 14.9. The van der Waals surface area contributed by atoms with E-state index < -0.39 is 0 Å². The third-order valence-electron chi connectivity index (χ3n) is 4.17. The number of rotatable bonds is 7. The summed E-state index contributed by atoms with van der Waals surface area (Å²) in [5.74, 6) is 0.567. The lowest BCUT2D eigenvalue weighted by Crippen LogP contribution is -2.37. The number of halogens is 2. The standard InChI is InChI=1S/C20H21ClN2O3.ClH/c1-13(22-2)11-23-20(24)19-15(14-7-3-5-9-17(14)26-19)12-25-18-10-6-4-8-16(18)21;/h3-10,13,22H,11-12H2,1-2H3,(H,23,24);1H. The largest absolute Gasteiger partial charge is 0.487 e. The van der Waals surface area contributed by atoms with Gasteiger partial charge in [0.2, 0.25) is 0 Å². The highest BCUT2D eigenvalue weighted by Crippen LogP contribution is 2.29. The van der Waals surface area contributed by atoms with E-state index in [0.29, 0.717) is 28.5 Å². The minimum absolute atomic E-state index is 0. The van der Waals surface area contributed by atoms with Gasteiger partial charge in [-0.25, -0.2) is 0 Å². The van der Waals surface area contributed by atoms with Gasteiger partial charge in [0.1, 0.15) is 17.9 Å². The average Bonchev–Trinajstić information content (AvgIpc) is 3.04. The first-order valence-corrected chi connectivity index (χ1v) is 8.81. The molecule has 0 aliphatic carbocycles. The Morgan fingerprint density at radius 2 is 1.89 bits per heavy atom. The number of carbonyl (C=O) groups is 1. The van der Waals surface area contributed by atoms with E-state index in [9.17, 15) is 4.79 Å². The van der Waals surface area contributed by atoms with Crippen LogP contribution in [0.4, 0.5) is 0 Å². The van der Waals surface area contributed by atoms with E-state index in [4.69, 9.17) is 20.8 Å². The molecule has 1 heterocycles. The number of nitrogens with one attached hydrogen (secondary N) is 2. The van der Waals surface area contributed by atoms with E-state index in [-0.39, 0.29) is 36.7 Å². The molecular formula is C20H22Cl2N2O3. The van der Waals surface area contributed by atoms with Crippen molar-refractivity contribution in [3.63, 3.8) is 0 Å². The van der Waals surface area contributed by atoms with Gasteiger partial charge >= 0.3 is 0 Å². The first-order valence-electron chi connectivity index (χ1n) is 8.43. The van der Waals surface area contributed by atoms with Gasteiger partial charge in [-0.2, -0.15) is 0 Å². The molecule has 0 radical (unpaired) electrons. The summed E-state index contributed by atoms with van der Waals surface area (Å²) < 4.78 is 11.6. The van der Waals surface area contributed by atoms with Crippen LogP contribution in [0.25, 0.3) is 11.0 Å². The molecule has 27 heavy (non-hydrogen) atoms. The number of fused-ring (bicyclic) bond motifs is 1. The first-order chi connectivity index (χ1) is 12.6. The lowest BCUT2D eigenvalue weighted by Gasteiger charge is -2.11. The van der Waals surface area contributed by atoms with Crippen molar-refractivity contribution in [3.8, 4) is 5.75 Å². The maximum atomic E-state index is 12.6. The molecule has 1 atom stereocenters. The second kappa shape index (κ2) is 9.65. The van der Waals surface area contributed by atoms with Crippen LogP contribution in [0.5, 0.6) is 5.75 Å². The monoisotopic (exact) mass is 408 g/mol. The quantitative estimate of drug-likeness (QED) is 0.606. The molecular weight excluding hydrogens is 387 g/mol. The van der Waals surface area contributed by atoms with E-state index in [1.807, 2.05) is 50.4 Å². The summed E-state index contributed by atoms with van der Waals surface area (Å²) in [4.78, 5) is 12.6. The van der Waals surface area contributed by atoms with Gasteiger partial charge in [0.15, 0.2) is 5.76 Å². The Labute approximate surface area is 169 Å². The topological polar surface area (TPSA) is 63.5 Å². The predicted molar refractivity (Wildman–Crippen MR) is 110 cm³/mol. The Kier molecular flexibility index (Phi) is 7.54. The molecule has 2 aromatic carbocycles. The number of para-hydroxylation sites is 2. The summed E-state index contributed by atoms with van der Waals surface area (Å²) in [5.41, 5.74) is 1.35. The molecule has 7 heteroatoms. The van der Waals surface area contributed by atoms with Gasteiger partial charge in [0.25, 0.3) is 5.91 Å². The molecule has 0 bridgehead atoms. The van der Waals surface area contributed by atoms with Crippen molar-refractivity contribution in [1.29, 1.82) is 0 Å². The van der Waals surface area contributed by atoms with Crippen LogP contribution in [0.1, 0.15) is 23.0 Å². The number of carbonyl (C=O) groups excluding carboxylic acids is 1. The molecule has 3 aromatic rings. The number of likely N-dealkylation sites (N-methyl/N-ethyl adjacent to an activating group) is 1. The zero-order valence-electron chi connectivity index (χ0n) is 15.1. The summed E-state index contributed by atoms with van der Waals surface area (Å²) >= 11 is 6.15. The van der Waals surface area contributed by atoms with Crippen LogP contribution in [-0.4, -0.2) is 25.5 Å². The number of benzene rings is 2. The summed E-state index contributed by atoms with van der Waals surface area (Å²) in [5, 5.41) is 7.34. The van der Waals surface area contributed by atoms with E-state index in [1.165, 1.54) is 0 Å². The van der Waals surface area contributed by atoms with Crippen LogP contribution in [0.2, 0.25) is 5.02 Å². The molecule has 0 aliphatic heterocycles. The molecule has 0 aliphatic rings. The maximum absolute atomic E-state index is 12.6. The highest BCUT2D eigenvalue weighted by molar-refractivity contribution is 6.32. The van der Waals surface area contributed by atoms with Crippen LogP contribution in [-0.2, 0) is 6.61 Å². The Morgan fingerprint density at radius 1 is 1.19 bits per heavy atom. The van der Waals surface area contributed by atoms with Crippen LogP contribution >= 0.6 is 24.0 Å². The van der Waals surface area contributed by atoms with E-state index in [1.54, 1.807) is 12.1 Å². The zero-order chi connectivity index (χ0) is 18.5. The van der Waals surface area contributed by atoms with Crippen LogP contribution in [0.15, 0.2) is 52.9 Å². The molecule has 1 aromatic heterocycles. The molecule has 144 valence electrons. The van der Waals surface area contributed by atoms with Gasteiger partial charge in [0, 0.05) is 23.5 Å². The van der Waals surface area contributed by atoms with Crippen molar-refractivity contribution in [2.45, 2.75) is 19.6 Å². The normalized spacial score (nSPS) is 11.7. The zero-order valence-corrected chi connectivity index (χ0v) is 16.7. The minimum atomic E-state index is -0.263. The molecule has 1 amide bonds. The number of amides is 1. The SMILES string of the molecule is CNC(C)CNC(=O)c1oc2ccccc2c1COc1ccccc1Cl.Cl. The lowest BCUT2D eigenvalue weighted by molar-refractivity contribution is 0.0921. The highest BCUT2D eigenvalue weighted by atomic mass is 35.5. The Balaban J connectivity index is 0.00000261. The van der Waals surface area contributed by atoms with Crippen molar-refractivity contribution in [1.82, 2.24) is 10.6 Å². The number of ether oxygens (including phenoxy) is 1. The second-order valence-electron chi connectivity index (χ2n) is 6.02. The lowest BCUT2D eigenvalue weighted by atomic mass is 10.1. The van der Waals surface area contributed by atoms with Gasteiger partial charge in [-0.3, -0.25) is 4.79 Å². The molecule has 0 fully saturated rings. The van der Waals surface area contributed by atoms with Crippen LogP contribution in [0.3, 0.4) is 0 Å². The fourth-order valence-electron chi connectivity index (χ4n) is 2.57. The fraction of sp³-hybridized carbons (Fsp3) is 0.250. The molecule has 0 saturated heterocycles. The Hall–Kier alpha value is -2.21. The summed E-state index contributed by atoms with van der Waals surface area (Å²) in [6.07, 6.45) is 0. The van der Waals surface area contributed by atoms with Crippen LogP contribution in [0, 0.1) is 0 Å². The van der Waals surface area contributed by atoms with Crippen LogP contribution < -0.4 is 15.4 Å². The van der Waals surface area contributed by atoms with Gasteiger partial charge in [-0.1, -0.05) is 41.9 Å². The Bertz CT molecular complexity index is 911. The maximum Gasteiger partial charge on any atom is 0.287 e. The number of furan rings is 1. The highest BCUT2D eigenvalue weighted by Gasteiger charge is 2.21. The van der Waals surface area contributed by atoms with Crippen molar-refractivity contribution >= 4 is 40.9 Å². The molecule has 3 rings (SSSR count). The smallest absolute Gasteiger partial charge is 0.287 e. The van der Waals surface area contributed by atoms with E-state index >= 15 is 0 Å². The van der Waals surface area contributed by atoms with E-state index in [2.05, 4.69) is 10.6 Å². The molecule has 2 N–H and O–H groups in total. The van der Waals surface area contributed by atoms with E-state index in [0.717, 1.165) is 5.39 Å². The van der Waals surface area contributed by atoms with Crippen molar-refractivity contribution in [2.75, 3.05) is 13.6 Å². The first kappa shape index (κ1) is 21.1. The van der Waals surface area contributed by atoms with Gasteiger partial charge in [-0.15, -0.1) is 12.4 Å². The molecule has 1 unspecified atom stereocenters. The van der Waals surface area contributed by atoms with Crippen molar-refractivity contribution < 1.29 is 13.9 Å². The predicted octanol–water partition coefficient (Wildman–Crippen LogP) is 4.42. The summed E-state index contributed by atoms with van der Waals surface area (Å²) in [7, 11) is 1.85. The molecule has 0 spiro atoms. The minimum Gasteiger partial charge on any atom is -0.487 e. The second-order valence-corrected chi connectivity index (χ2v) is 6.43. The Morgan fingerprint density at radius 3 is 2.63 bits per heavy atom. The van der Waals surface area contributed by atoms with Gasteiger partial charge in [0.05, 0.1) is 5.02 Å². The van der Waals surface area contributed by atoms with Crippen molar-refractivity contribution in [3.05, 3.63) is 64.9 Å². The average molecular weight is 409 g/mol. The summed E-state index contributed by atoms with van der Waals surface area (Å²) in [6.45, 7) is 2.67. The van der Waals surface area contributed by atoms with Crippen molar-refractivity contribution in [2.24, 2.45) is 0 Å². The third kappa shape index (κ3) is 4.95. The van der Waals surface area contributed by atoms with Gasteiger partial charge < -0.3 is 19.8 Å². The number of hydrogen-bond acceptors (Lipinski definition) is 4. The number of hydrogen-bond donors (Lipinski definition) is 2. The molecule has 0 saturated carbocycles. The third-order valence-corrected chi connectivity index (χ3v) is 4.49. The van der Waals surface area contributed by atoms with Gasteiger partial charge in [-0.05, 0) is 32.2 Å².